The second-order valence-corrected chi connectivity index (χ2v) is 6.02. The predicted molar refractivity (Wildman–Crippen MR) is 89.6 cm³/mol. The van der Waals surface area contributed by atoms with Crippen LogP contribution in [0.1, 0.15) is 24.8 Å². The van der Waals surface area contributed by atoms with Gasteiger partial charge in [0.05, 0.1) is 5.60 Å². The number of hydrogen-bond acceptors (Lipinski definition) is 5. The maximum atomic E-state index is 12.2. The number of amides is 1. The number of rotatable bonds is 7. The molecule has 6 nitrogen and oxygen atoms in total. The summed E-state index contributed by atoms with van der Waals surface area (Å²) in [6, 6.07) is 9.68. The van der Waals surface area contributed by atoms with Crippen LogP contribution in [0.2, 0.25) is 0 Å². The molecule has 1 aliphatic rings. The van der Waals surface area contributed by atoms with Crippen LogP contribution in [0.15, 0.2) is 30.3 Å². The van der Waals surface area contributed by atoms with E-state index in [9.17, 15) is 4.79 Å². The van der Waals surface area contributed by atoms with Gasteiger partial charge in [0.15, 0.2) is 6.29 Å². The maximum absolute atomic E-state index is 12.2. The van der Waals surface area contributed by atoms with E-state index >= 15 is 0 Å². The standard InChI is InChI=1S/C18H27NO5/c1-21-16(22-2)13-18(23-3)9-11-19(12-10-18)17(20)24-14-15-7-5-4-6-8-15/h4-8,16H,9-14H2,1-3H3. The summed E-state index contributed by atoms with van der Waals surface area (Å²) in [5.74, 6) is 0. The number of ether oxygens (including phenoxy) is 4. The van der Waals surface area contributed by atoms with Gasteiger partial charge in [0.25, 0.3) is 0 Å². The van der Waals surface area contributed by atoms with Gasteiger partial charge in [0.1, 0.15) is 6.61 Å². The van der Waals surface area contributed by atoms with Crippen LogP contribution in [0.25, 0.3) is 0 Å². The molecular weight excluding hydrogens is 310 g/mol. The molecule has 1 amide bonds. The molecule has 1 fully saturated rings. The minimum atomic E-state index is -0.326. The van der Waals surface area contributed by atoms with Gasteiger partial charge >= 0.3 is 6.09 Å². The molecule has 134 valence electrons. The summed E-state index contributed by atoms with van der Waals surface area (Å²) in [5, 5.41) is 0. The minimum absolute atomic E-state index is 0.279. The van der Waals surface area contributed by atoms with Gasteiger partial charge < -0.3 is 23.8 Å². The Balaban J connectivity index is 1.83. The van der Waals surface area contributed by atoms with E-state index in [4.69, 9.17) is 18.9 Å². The van der Waals surface area contributed by atoms with Gasteiger partial charge in [-0.3, -0.25) is 0 Å². The molecule has 0 saturated carbocycles. The summed E-state index contributed by atoms with van der Waals surface area (Å²) >= 11 is 0. The van der Waals surface area contributed by atoms with E-state index in [0.717, 1.165) is 18.4 Å². The van der Waals surface area contributed by atoms with Crippen molar-refractivity contribution in [2.75, 3.05) is 34.4 Å². The van der Waals surface area contributed by atoms with Gasteiger partial charge in [0.2, 0.25) is 0 Å². The van der Waals surface area contributed by atoms with Crippen LogP contribution in [0.3, 0.4) is 0 Å². The number of carbonyl (C=O) groups is 1. The van der Waals surface area contributed by atoms with Crippen molar-refractivity contribution in [1.29, 1.82) is 0 Å². The largest absolute Gasteiger partial charge is 0.445 e. The van der Waals surface area contributed by atoms with Crippen LogP contribution in [0.4, 0.5) is 4.79 Å². The zero-order valence-electron chi connectivity index (χ0n) is 14.7. The second kappa shape index (κ2) is 9.01. The summed E-state index contributed by atoms with van der Waals surface area (Å²) in [4.78, 5) is 13.9. The van der Waals surface area contributed by atoms with E-state index in [1.54, 1.807) is 26.2 Å². The van der Waals surface area contributed by atoms with Gasteiger partial charge in [0, 0.05) is 40.8 Å². The number of benzene rings is 1. The lowest BCUT2D eigenvalue weighted by atomic mass is 9.87. The number of nitrogens with zero attached hydrogens (tertiary/aromatic N) is 1. The Labute approximate surface area is 143 Å². The Morgan fingerprint density at radius 2 is 1.75 bits per heavy atom. The fourth-order valence-electron chi connectivity index (χ4n) is 2.97. The molecular formula is C18H27NO5. The Hall–Kier alpha value is -1.63. The number of likely N-dealkylation sites (tertiary alicyclic amines) is 1. The van der Waals surface area contributed by atoms with E-state index in [1.807, 2.05) is 30.3 Å². The smallest absolute Gasteiger partial charge is 0.410 e. The summed E-state index contributed by atoms with van der Waals surface area (Å²) in [7, 11) is 4.94. The molecule has 0 bridgehead atoms. The third kappa shape index (κ3) is 4.93. The van der Waals surface area contributed by atoms with Crippen molar-refractivity contribution < 1.29 is 23.7 Å². The molecule has 0 N–H and O–H groups in total. The van der Waals surface area contributed by atoms with Gasteiger partial charge in [-0.05, 0) is 18.4 Å². The maximum Gasteiger partial charge on any atom is 0.410 e. The van der Waals surface area contributed by atoms with Crippen molar-refractivity contribution in [3.8, 4) is 0 Å². The number of piperidine rings is 1. The molecule has 1 aliphatic heterocycles. The Morgan fingerprint density at radius 1 is 1.12 bits per heavy atom. The molecule has 0 aromatic heterocycles. The molecule has 1 aromatic rings. The molecule has 2 rings (SSSR count). The minimum Gasteiger partial charge on any atom is -0.445 e. The Kier molecular flexibility index (Phi) is 7.02. The molecule has 0 spiro atoms. The summed E-state index contributed by atoms with van der Waals surface area (Å²) in [6.45, 7) is 1.49. The number of methoxy groups -OCH3 is 3. The van der Waals surface area contributed by atoms with E-state index in [2.05, 4.69) is 0 Å². The fraction of sp³-hybridized carbons (Fsp3) is 0.611. The lowest BCUT2D eigenvalue weighted by Gasteiger charge is -2.41. The first kappa shape index (κ1) is 18.7. The van der Waals surface area contributed by atoms with E-state index < -0.39 is 0 Å². The zero-order valence-corrected chi connectivity index (χ0v) is 14.7. The van der Waals surface area contributed by atoms with Gasteiger partial charge in [-0.1, -0.05) is 30.3 Å². The number of hydrogen-bond donors (Lipinski definition) is 0. The molecule has 0 radical (unpaired) electrons. The topological polar surface area (TPSA) is 57.2 Å². The van der Waals surface area contributed by atoms with E-state index in [1.165, 1.54) is 0 Å². The van der Waals surface area contributed by atoms with Crippen molar-refractivity contribution in [1.82, 2.24) is 4.90 Å². The highest BCUT2D eigenvalue weighted by Gasteiger charge is 2.38. The average molecular weight is 337 g/mol. The monoisotopic (exact) mass is 337 g/mol. The second-order valence-electron chi connectivity index (χ2n) is 6.02. The van der Waals surface area contributed by atoms with Gasteiger partial charge in [-0.25, -0.2) is 4.79 Å². The molecule has 1 aromatic carbocycles. The summed E-state index contributed by atoms with van der Waals surface area (Å²) in [6.07, 6.45) is 1.52. The summed E-state index contributed by atoms with van der Waals surface area (Å²) in [5.41, 5.74) is 0.657. The van der Waals surface area contributed by atoms with E-state index in [0.29, 0.717) is 26.1 Å². The Bertz CT molecular complexity index is 495. The van der Waals surface area contributed by atoms with Crippen LogP contribution in [-0.4, -0.2) is 57.3 Å². The third-order valence-corrected chi connectivity index (χ3v) is 4.64. The first-order chi connectivity index (χ1) is 11.6. The molecule has 24 heavy (non-hydrogen) atoms. The first-order valence-corrected chi connectivity index (χ1v) is 8.19. The first-order valence-electron chi connectivity index (χ1n) is 8.19. The molecule has 1 saturated heterocycles. The molecule has 0 aliphatic carbocycles. The third-order valence-electron chi connectivity index (χ3n) is 4.64. The van der Waals surface area contributed by atoms with Crippen LogP contribution in [-0.2, 0) is 25.6 Å². The van der Waals surface area contributed by atoms with Crippen molar-refractivity contribution in [2.24, 2.45) is 0 Å². The summed E-state index contributed by atoms with van der Waals surface area (Å²) < 4.78 is 21.7. The van der Waals surface area contributed by atoms with Crippen molar-refractivity contribution in [3.63, 3.8) is 0 Å². The van der Waals surface area contributed by atoms with E-state index in [-0.39, 0.29) is 18.0 Å². The average Bonchev–Trinajstić information content (AvgIpc) is 2.65. The lowest BCUT2D eigenvalue weighted by Crippen LogP contribution is -2.49. The fourth-order valence-corrected chi connectivity index (χ4v) is 2.97. The highest BCUT2D eigenvalue weighted by molar-refractivity contribution is 5.67. The van der Waals surface area contributed by atoms with Crippen LogP contribution < -0.4 is 0 Å². The zero-order chi connectivity index (χ0) is 17.4. The molecule has 0 atom stereocenters. The lowest BCUT2D eigenvalue weighted by molar-refractivity contribution is -0.162. The van der Waals surface area contributed by atoms with Crippen LogP contribution in [0, 0.1) is 0 Å². The molecule has 6 heteroatoms. The highest BCUT2D eigenvalue weighted by Crippen LogP contribution is 2.31. The van der Waals surface area contributed by atoms with Crippen molar-refractivity contribution in [3.05, 3.63) is 35.9 Å². The predicted octanol–water partition coefficient (Wildman–Crippen LogP) is 2.81. The normalized spacial score (nSPS) is 17.1. The highest BCUT2D eigenvalue weighted by atomic mass is 16.7. The molecule has 1 heterocycles. The SMILES string of the molecule is COC(CC1(OC)CCN(C(=O)OCc2ccccc2)CC1)OC. The molecule has 0 unspecified atom stereocenters. The van der Waals surface area contributed by atoms with Crippen molar-refractivity contribution >= 4 is 6.09 Å². The Morgan fingerprint density at radius 3 is 2.29 bits per heavy atom. The van der Waals surface area contributed by atoms with Crippen LogP contribution >= 0.6 is 0 Å². The number of carbonyl (C=O) groups excluding carboxylic acids is 1. The quantitative estimate of drug-likeness (QED) is 0.716. The van der Waals surface area contributed by atoms with Crippen LogP contribution in [0.5, 0.6) is 0 Å². The van der Waals surface area contributed by atoms with Crippen molar-refractivity contribution in [2.45, 2.75) is 37.8 Å². The van der Waals surface area contributed by atoms with Gasteiger partial charge in [-0.15, -0.1) is 0 Å². The van der Waals surface area contributed by atoms with Gasteiger partial charge in [-0.2, -0.15) is 0 Å².